The van der Waals surface area contributed by atoms with Crippen LogP contribution in [0.25, 0.3) is 11.7 Å². The van der Waals surface area contributed by atoms with Crippen LogP contribution in [-0.4, -0.2) is 62.5 Å². The normalized spacial score (nSPS) is 13.9. The fraction of sp³-hybridized carbons (Fsp3) is 0.350. The predicted octanol–water partition coefficient (Wildman–Crippen LogP) is 2.33. The van der Waals surface area contributed by atoms with Gasteiger partial charge in [-0.25, -0.2) is 0 Å². The number of furan rings is 1. The number of piperazine rings is 1. The van der Waals surface area contributed by atoms with Crippen molar-refractivity contribution >= 4 is 23.6 Å². The van der Waals surface area contributed by atoms with E-state index in [-0.39, 0.29) is 23.2 Å². The highest BCUT2D eigenvalue weighted by atomic mass is 32.2. The first-order valence-electron chi connectivity index (χ1n) is 9.71. The van der Waals surface area contributed by atoms with Gasteiger partial charge in [-0.3, -0.25) is 4.79 Å². The summed E-state index contributed by atoms with van der Waals surface area (Å²) in [5, 5.41) is 18.3. The fourth-order valence-electron chi connectivity index (χ4n) is 3.29. The van der Waals surface area contributed by atoms with Gasteiger partial charge in [0.2, 0.25) is 17.5 Å². The lowest BCUT2D eigenvalue weighted by Crippen LogP contribution is -2.49. The third kappa shape index (κ3) is 4.34. The molecule has 1 amide bonds. The molecule has 160 valence electrons. The smallest absolute Gasteiger partial charge is 0.266 e. The molecule has 1 saturated heterocycles. The van der Waals surface area contributed by atoms with Crippen LogP contribution in [0.1, 0.15) is 11.5 Å². The van der Waals surface area contributed by atoms with E-state index in [4.69, 9.17) is 8.83 Å². The van der Waals surface area contributed by atoms with Crippen LogP contribution in [0.2, 0.25) is 0 Å². The van der Waals surface area contributed by atoms with E-state index >= 15 is 0 Å². The van der Waals surface area contributed by atoms with Gasteiger partial charge in [0.15, 0.2) is 10.9 Å². The number of aryl methyl sites for hydroxylation is 1. The Kier molecular flexibility index (Phi) is 6.08. The van der Waals surface area contributed by atoms with Crippen molar-refractivity contribution < 1.29 is 13.6 Å². The average Bonchev–Trinajstić information content (AvgIpc) is 3.53. The number of carbonyl (C=O) groups excluding carboxylic acids is 1. The SMILES string of the molecule is C=CCn1c(C)nnc1SCC(=O)N1CCN(c2oc(-c3ccco3)nc2C#N)CC1. The molecule has 0 unspecified atom stereocenters. The van der Waals surface area contributed by atoms with Gasteiger partial charge in [0.25, 0.3) is 5.89 Å². The Labute approximate surface area is 183 Å². The highest BCUT2D eigenvalue weighted by Gasteiger charge is 2.27. The lowest BCUT2D eigenvalue weighted by molar-refractivity contribution is -0.128. The van der Waals surface area contributed by atoms with Crippen molar-refractivity contribution in [3.05, 3.63) is 42.6 Å². The zero-order valence-electron chi connectivity index (χ0n) is 17.0. The number of thioether (sulfide) groups is 1. The maximum atomic E-state index is 12.7. The number of hydrogen-bond acceptors (Lipinski definition) is 9. The van der Waals surface area contributed by atoms with Crippen LogP contribution in [-0.2, 0) is 11.3 Å². The number of aromatic nitrogens is 4. The van der Waals surface area contributed by atoms with Gasteiger partial charge in [-0.15, -0.1) is 16.8 Å². The number of amides is 1. The summed E-state index contributed by atoms with van der Waals surface area (Å²) in [4.78, 5) is 20.6. The Balaban J connectivity index is 1.35. The summed E-state index contributed by atoms with van der Waals surface area (Å²) in [6.07, 6.45) is 3.30. The molecule has 0 spiro atoms. The van der Waals surface area contributed by atoms with Gasteiger partial charge in [-0.05, 0) is 19.1 Å². The number of carbonyl (C=O) groups is 1. The molecule has 3 aromatic rings. The predicted molar refractivity (Wildman–Crippen MR) is 113 cm³/mol. The van der Waals surface area contributed by atoms with Gasteiger partial charge in [0, 0.05) is 32.7 Å². The maximum Gasteiger partial charge on any atom is 0.266 e. The second-order valence-corrected chi connectivity index (χ2v) is 7.79. The Hall–Kier alpha value is -3.52. The van der Waals surface area contributed by atoms with E-state index in [0.717, 1.165) is 5.82 Å². The standard InChI is InChI=1S/C20H21N7O3S/c1-3-6-27-14(2)23-24-20(27)31-13-17(28)25-7-9-26(10-8-25)19-15(12-21)22-18(30-19)16-5-4-11-29-16/h3-5,11H,1,6-10,13H2,2H3. The highest BCUT2D eigenvalue weighted by molar-refractivity contribution is 7.99. The Bertz CT molecular complexity index is 1100. The number of allylic oxidation sites excluding steroid dienone is 1. The molecular formula is C20H21N7O3S. The lowest BCUT2D eigenvalue weighted by atomic mass is 10.3. The molecule has 4 heterocycles. The molecule has 0 radical (unpaired) electrons. The van der Waals surface area contributed by atoms with Crippen molar-refractivity contribution in [2.45, 2.75) is 18.6 Å². The minimum absolute atomic E-state index is 0.0322. The van der Waals surface area contributed by atoms with Crippen LogP contribution in [0, 0.1) is 18.3 Å². The third-order valence-electron chi connectivity index (χ3n) is 4.90. The molecule has 10 nitrogen and oxygen atoms in total. The van der Waals surface area contributed by atoms with Gasteiger partial charge in [-0.2, -0.15) is 10.2 Å². The molecule has 0 aromatic carbocycles. The molecule has 0 N–H and O–H groups in total. The Morgan fingerprint density at radius 1 is 1.35 bits per heavy atom. The number of rotatable bonds is 7. The Morgan fingerprint density at radius 2 is 2.16 bits per heavy atom. The first-order valence-corrected chi connectivity index (χ1v) is 10.7. The van der Waals surface area contributed by atoms with Crippen LogP contribution in [0.15, 0.2) is 45.0 Å². The third-order valence-corrected chi connectivity index (χ3v) is 5.86. The number of nitrogens with zero attached hydrogens (tertiary/aromatic N) is 7. The molecule has 0 atom stereocenters. The van der Waals surface area contributed by atoms with E-state index in [1.54, 1.807) is 23.1 Å². The second kappa shape index (κ2) is 9.09. The Morgan fingerprint density at radius 3 is 2.84 bits per heavy atom. The quantitative estimate of drug-likeness (QED) is 0.404. The highest BCUT2D eigenvalue weighted by Crippen LogP contribution is 2.29. The largest absolute Gasteiger partial charge is 0.459 e. The maximum absolute atomic E-state index is 12.7. The van der Waals surface area contributed by atoms with Crippen molar-refractivity contribution in [2.24, 2.45) is 0 Å². The minimum atomic E-state index is 0.0322. The molecule has 3 aromatic heterocycles. The van der Waals surface area contributed by atoms with E-state index in [0.29, 0.717) is 49.5 Å². The molecular weight excluding hydrogens is 418 g/mol. The first kappa shape index (κ1) is 20.7. The van der Waals surface area contributed by atoms with Crippen LogP contribution in [0.4, 0.5) is 5.88 Å². The molecule has 11 heteroatoms. The molecule has 0 bridgehead atoms. The molecule has 1 fully saturated rings. The lowest BCUT2D eigenvalue weighted by Gasteiger charge is -2.34. The topological polar surface area (TPSA) is 117 Å². The molecule has 1 aliphatic heterocycles. The zero-order valence-corrected chi connectivity index (χ0v) is 17.8. The summed E-state index contributed by atoms with van der Waals surface area (Å²) < 4.78 is 13.0. The van der Waals surface area contributed by atoms with Crippen LogP contribution in [0.5, 0.6) is 0 Å². The summed E-state index contributed by atoms with van der Waals surface area (Å²) >= 11 is 1.37. The minimum Gasteiger partial charge on any atom is -0.459 e. The van der Waals surface area contributed by atoms with Crippen molar-refractivity contribution in [1.29, 1.82) is 5.26 Å². The van der Waals surface area contributed by atoms with E-state index in [1.165, 1.54) is 18.0 Å². The summed E-state index contributed by atoms with van der Waals surface area (Å²) in [6.45, 7) is 8.37. The second-order valence-electron chi connectivity index (χ2n) is 6.85. The van der Waals surface area contributed by atoms with Gasteiger partial charge in [0.1, 0.15) is 11.9 Å². The van der Waals surface area contributed by atoms with Crippen LogP contribution >= 0.6 is 11.8 Å². The molecule has 0 aliphatic carbocycles. The van der Waals surface area contributed by atoms with Gasteiger partial charge >= 0.3 is 0 Å². The summed E-state index contributed by atoms with van der Waals surface area (Å²) in [5.41, 5.74) is 0.207. The number of nitriles is 1. The van der Waals surface area contributed by atoms with E-state index in [1.807, 2.05) is 16.4 Å². The summed E-state index contributed by atoms with van der Waals surface area (Å²) in [5.74, 6) is 2.24. The van der Waals surface area contributed by atoms with E-state index in [2.05, 4.69) is 27.8 Å². The fourth-order valence-corrected chi connectivity index (χ4v) is 4.19. The van der Waals surface area contributed by atoms with Gasteiger partial charge in [0.05, 0.1) is 12.0 Å². The van der Waals surface area contributed by atoms with Crippen molar-refractivity contribution in [3.8, 4) is 17.7 Å². The van der Waals surface area contributed by atoms with Crippen molar-refractivity contribution in [1.82, 2.24) is 24.6 Å². The first-order chi connectivity index (χ1) is 15.1. The number of anilines is 1. The van der Waals surface area contributed by atoms with Crippen LogP contribution < -0.4 is 4.90 Å². The zero-order chi connectivity index (χ0) is 21.8. The summed E-state index contributed by atoms with van der Waals surface area (Å²) in [6, 6.07) is 5.53. The van der Waals surface area contributed by atoms with Crippen molar-refractivity contribution in [2.75, 3.05) is 36.8 Å². The summed E-state index contributed by atoms with van der Waals surface area (Å²) in [7, 11) is 0. The van der Waals surface area contributed by atoms with E-state index in [9.17, 15) is 10.1 Å². The van der Waals surface area contributed by atoms with Gasteiger partial charge in [-0.1, -0.05) is 17.8 Å². The molecule has 31 heavy (non-hydrogen) atoms. The van der Waals surface area contributed by atoms with Crippen LogP contribution in [0.3, 0.4) is 0 Å². The molecule has 1 aliphatic rings. The number of hydrogen-bond donors (Lipinski definition) is 0. The van der Waals surface area contributed by atoms with Gasteiger partial charge < -0.3 is 23.2 Å². The molecule has 0 saturated carbocycles. The van der Waals surface area contributed by atoms with E-state index < -0.39 is 0 Å². The monoisotopic (exact) mass is 439 g/mol. The number of oxazole rings is 1. The average molecular weight is 440 g/mol. The molecule has 4 rings (SSSR count). The van der Waals surface area contributed by atoms with Crippen molar-refractivity contribution in [3.63, 3.8) is 0 Å².